The van der Waals surface area contributed by atoms with Crippen LogP contribution in [0.3, 0.4) is 0 Å². The zero-order valence-electron chi connectivity index (χ0n) is 10.8. The van der Waals surface area contributed by atoms with Crippen molar-refractivity contribution < 1.29 is 13.2 Å². The molecule has 0 bridgehead atoms. The van der Waals surface area contributed by atoms with Crippen molar-refractivity contribution in [1.82, 2.24) is 5.43 Å². The fourth-order valence-corrected chi connectivity index (χ4v) is 4.96. The molecule has 5 nitrogen and oxygen atoms in total. The van der Waals surface area contributed by atoms with E-state index in [9.17, 15) is 8.42 Å². The fourth-order valence-electron chi connectivity index (χ4n) is 3.08. The largest absolute Gasteiger partial charge is 0.381 e. The van der Waals surface area contributed by atoms with Gasteiger partial charge < -0.3 is 4.74 Å². The van der Waals surface area contributed by atoms with E-state index in [1.165, 1.54) is 0 Å². The summed E-state index contributed by atoms with van der Waals surface area (Å²) in [7, 11) is -2.77. The van der Waals surface area contributed by atoms with Crippen molar-refractivity contribution in [2.24, 2.45) is 17.7 Å². The summed E-state index contributed by atoms with van der Waals surface area (Å²) in [6, 6.07) is 0.242. The molecule has 0 spiro atoms. The van der Waals surface area contributed by atoms with E-state index in [0.717, 1.165) is 45.3 Å². The number of hydrogen-bond donors (Lipinski definition) is 2. The lowest BCUT2D eigenvalue weighted by atomic mass is 9.88. The van der Waals surface area contributed by atoms with Crippen molar-refractivity contribution in [1.29, 1.82) is 0 Å². The molecule has 2 atom stereocenters. The van der Waals surface area contributed by atoms with Gasteiger partial charge in [0.2, 0.25) is 0 Å². The van der Waals surface area contributed by atoms with Crippen molar-refractivity contribution in [2.75, 3.05) is 24.7 Å². The molecular weight excluding hydrogens is 252 g/mol. The van der Waals surface area contributed by atoms with E-state index >= 15 is 0 Å². The molecule has 0 aromatic heterocycles. The summed E-state index contributed by atoms with van der Waals surface area (Å²) in [4.78, 5) is 0. The fraction of sp³-hybridized carbons (Fsp3) is 1.00. The van der Waals surface area contributed by atoms with Crippen molar-refractivity contribution in [3.05, 3.63) is 0 Å². The van der Waals surface area contributed by atoms with E-state index in [1.807, 2.05) is 0 Å². The highest BCUT2D eigenvalue weighted by Gasteiger charge is 2.30. The van der Waals surface area contributed by atoms with Gasteiger partial charge >= 0.3 is 0 Å². The van der Waals surface area contributed by atoms with Gasteiger partial charge in [-0.15, -0.1) is 0 Å². The lowest BCUT2D eigenvalue weighted by Gasteiger charge is -2.27. The molecule has 106 valence electrons. The van der Waals surface area contributed by atoms with E-state index in [4.69, 9.17) is 10.6 Å². The van der Waals surface area contributed by atoms with Gasteiger partial charge in [0, 0.05) is 19.3 Å². The van der Waals surface area contributed by atoms with Gasteiger partial charge in [0.15, 0.2) is 9.84 Å². The van der Waals surface area contributed by atoms with E-state index in [2.05, 4.69) is 5.43 Å². The minimum atomic E-state index is -2.77. The van der Waals surface area contributed by atoms with E-state index in [-0.39, 0.29) is 12.0 Å². The maximum Gasteiger partial charge on any atom is 0.150 e. The Bertz CT molecular complexity index is 352. The first-order chi connectivity index (χ1) is 8.59. The van der Waals surface area contributed by atoms with Crippen molar-refractivity contribution in [3.8, 4) is 0 Å². The maximum atomic E-state index is 11.4. The minimum absolute atomic E-state index is 0.242. The van der Waals surface area contributed by atoms with Gasteiger partial charge in [0.25, 0.3) is 0 Å². The quantitative estimate of drug-likeness (QED) is 0.563. The summed E-state index contributed by atoms with van der Waals surface area (Å²) in [6.45, 7) is 1.69. The molecule has 0 aromatic carbocycles. The first-order valence-electron chi connectivity index (χ1n) is 6.83. The van der Waals surface area contributed by atoms with Gasteiger partial charge in [-0.3, -0.25) is 11.3 Å². The molecule has 2 saturated heterocycles. The molecule has 2 rings (SSSR count). The molecule has 2 fully saturated rings. The average molecular weight is 276 g/mol. The lowest BCUT2D eigenvalue weighted by molar-refractivity contribution is 0.0596. The van der Waals surface area contributed by atoms with Gasteiger partial charge in [-0.2, -0.15) is 0 Å². The zero-order chi connectivity index (χ0) is 13.0. The van der Waals surface area contributed by atoms with Crippen LogP contribution in [-0.4, -0.2) is 39.2 Å². The third kappa shape index (κ3) is 4.19. The van der Waals surface area contributed by atoms with Gasteiger partial charge in [-0.1, -0.05) is 0 Å². The second kappa shape index (κ2) is 6.32. The van der Waals surface area contributed by atoms with Crippen LogP contribution in [-0.2, 0) is 14.6 Å². The predicted octanol–water partition coefficient (Wildman–Crippen LogP) is 0.460. The molecular formula is C12H24N2O3S. The topological polar surface area (TPSA) is 81.4 Å². The number of nitrogens with two attached hydrogens (primary N) is 1. The molecule has 0 amide bonds. The van der Waals surface area contributed by atoms with Gasteiger partial charge in [-0.25, -0.2) is 8.42 Å². The summed E-state index contributed by atoms with van der Waals surface area (Å²) >= 11 is 0. The van der Waals surface area contributed by atoms with Crippen LogP contribution in [0.25, 0.3) is 0 Å². The Morgan fingerprint density at radius 2 is 1.83 bits per heavy atom. The Morgan fingerprint density at radius 3 is 2.39 bits per heavy atom. The normalized spacial score (nSPS) is 30.4. The highest BCUT2D eigenvalue weighted by Crippen LogP contribution is 2.27. The van der Waals surface area contributed by atoms with Crippen LogP contribution in [0.5, 0.6) is 0 Å². The van der Waals surface area contributed by atoms with Crippen LogP contribution >= 0.6 is 0 Å². The van der Waals surface area contributed by atoms with Gasteiger partial charge in [-0.05, 0) is 43.9 Å². The highest BCUT2D eigenvalue weighted by molar-refractivity contribution is 7.91. The van der Waals surface area contributed by atoms with Gasteiger partial charge in [0.1, 0.15) is 0 Å². The smallest absolute Gasteiger partial charge is 0.150 e. The third-order valence-electron chi connectivity index (χ3n) is 4.14. The van der Waals surface area contributed by atoms with Crippen LogP contribution in [0, 0.1) is 11.8 Å². The van der Waals surface area contributed by atoms with Crippen LogP contribution in [0.15, 0.2) is 0 Å². The van der Waals surface area contributed by atoms with Crippen LogP contribution in [0.2, 0.25) is 0 Å². The van der Waals surface area contributed by atoms with Crippen molar-refractivity contribution >= 4 is 9.84 Å². The summed E-state index contributed by atoms with van der Waals surface area (Å²) in [5, 5.41) is 0. The maximum absolute atomic E-state index is 11.4. The average Bonchev–Trinajstić information content (AvgIpc) is 2.69. The molecule has 18 heavy (non-hydrogen) atoms. The first-order valence-corrected chi connectivity index (χ1v) is 8.65. The highest BCUT2D eigenvalue weighted by atomic mass is 32.2. The van der Waals surface area contributed by atoms with E-state index < -0.39 is 9.84 Å². The number of nitrogens with one attached hydrogen (secondary N) is 1. The SMILES string of the molecule is NNC(CC1CCOCC1)CC1CCS(=O)(=O)C1. The predicted molar refractivity (Wildman–Crippen MR) is 70.6 cm³/mol. The molecule has 2 aliphatic heterocycles. The Hall–Kier alpha value is -0.170. The number of rotatable bonds is 5. The molecule has 6 heteroatoms. The van der Waals surface area contributed by atoms with Crippen molar-refractivity contribution in [2.45, 2.75) is 38.1 Å². The van der Waals surface area contributed by atoms with Crippen LogP contribution in [0.1, 0.15) is 32.1 Å². The Morgan fingerprint density at radius 1 is 1.17 bits per heavy atom. The number of hydrazine groups is 1. The molecule has 2 unspecified atom stereocenters. The Labute approximate surface area is 109 Å². The summed E-state index contributed by atoms with van der Waals surface area (Å²) in [5.74, 6) is 7.26. The number of ether oxygens (including phenoxy) is 1. The van der Waals surface area contributed by atoms with E-state index in [1.54, 1.807) is 0 Å². The molecule has 0 radical (unpaired) electrons. The molecule has 0 saturated carbocycles. The summed E-state index contributed by atoms with van der Waals surface area (Å²) in [5.41, 5.74) is 2.87. The second-order valence-corrected chi connectivity index (χ2v) is 7.89. The minimum Gasteiger partial charge on any atom is -0.381 e. The zero-order valence-corrected chi connectivity index (χ0v) is 11.6. The summed E-state index contributed by atoms with van der Waals surface area (Å²) in [6.07, 6.45) is 4.92. The number of sulfone groups is 1. The second-order valence-electron chi connectivity index (χ2n) is 5.66. The van der Waals surface area contributed by atoms with Gasteiger partial charge in [0.05, 0.1) is 11.5 Å². The Kier molecular flexibility index (Phi) is 5.00. The van der Waals surface area contributed by atoms with Crippen molar-refractivity contribution in [3.63, 3.8) is 0 Å². The molecule has 0 aromatic rings. The first kappa shape index (κ1) is 14.2. The molecule has 3 N–H and O–H groups in total. The molecule has 0 aliphatic carbocycles. The van der Waals surface area contributed by atoms with Crippen LogP contribution in [0.4, 0.5) is 0 Å². The molecule has 2 aliphatic rings. The standard InChI is InChI=1S/C12H24N2O3S/c13-14-12(7-10-1-4-17-5-2-10)8-11-3-6-18(15,16)9-11/h10-12,14H,1-9,13H2. The van der Waals surface area contributed by atoms with Crippen LogP contribution < -0.4 is 11.3 Å². The van der Waals surface area contributed by atoms with E-state index in [0.29, 0.717) is 17.4 Å². The monoisotopic (exact) mass is 276 g/mol. The lowest BCUT2D eigenvalue weighted by Crippen LogP contribution is -2.39. The summed E-state index contributed by atoms with van der Waals surface area (Å²) < 4.78 is 28.2. The molecule has 2 heterocycles. The Balaban J connectivity index is 1.78. The number of hydrogen-bond acceptors (Lipinski definition) is 5. The third-order valence-corrected chi connectivity index (χ3v) is 5.98.